The monoisotopic (exact) mass is 422 g/mol. The van der Waals surface area contributed by atoms with Gasteiger partial charge in [-0.05, 0) is 26.6 Å². The van der Waals surface area contributed by atoms with Crippen molar-refractivity contribution in [3.05, 3.63) is 11.6 Å². The largest absolute Gasteiger partial charge is 0.388 e. The van der Waals surface area contributed by atoms with Crippen LogP contribution in [0.2, 0.25) is 0 Å². The number of carbonyl (C=O) groups excluding carboxylic acids is 1. The van der Waals surface area contributed by atoms with Crippen LogP contribution in [-0.4, -0.2) is 93.3 Å². The number of alkyl halides is 1. The Hall–Kier alpha value is -0.350. The van der Waals surface area contributed by atoms with Crippen molar-refractivity contribution in [2.45, 2.75) is 74.0 Å². The quantitative estimate of drug-likeness (QED) is 0.346. The van der Waals surface area contributed by atoms with Gasteiger partial charge in [-0.15, -0.1) is 23.4 Å². The molecule has 156 valence electrons. The highest BCUT2D eigenvalue weighted by Gasteiger charge is 2.48. The van der Waals surface area contributed by atoms with E-state index >= 15 is 0 Å². The molecule has 0 aromatic heterocycles. The maximum absolute atomic E-state index is 12.9. The van der Waals surface area contributed by atoms with E-state index < -0.39 is 47.3 Å². The zero-order valence-electron chi connectivity index (χ0n) is 16.2. The average molecular weight is 423 g/mol. The summed E-state index contributed by atoms with van der Waals surface area (Å²) in [4.78, 5) is 14.8. The van der Waals surface area contributed by atoms with Gasteiger partial charge in [0, 0.05) is 6.54 Å². The minimum atomic E-state index is -1.37. The summed E-state index contributed by atoms with van der Waals surface area (Å²) in [6, 6.07) is -1.12. The summed E-state index contributed by atoms with van der Waals surface area (Å²) in [6.45, 7) is 4.54. The van der Waals surface area contributed by atoms with Crippen LogP contribution < -0.4 is 5.32 Å². The number of nitrogens with zero attached hydrogens (tertiary/aromatic N) is 1. The van der Waals surface area contributed by atoms with E-state index in [1.807, 2.05) is 18.0 Å². The van der Waals surface area contributed by atoms with Crippen molar-refractivity contribution < 1.29 is 24.9 Å². The number of ether oxygens (including phenoxy) is 1. The normalized spacial score (nSPS) is 37.0. The molecule has 1 saturated heterocycles. The first-order valence-corrected chi connectivity index (χ1v) is 11.0. The van der Waals surface area contributed by atoms with E-state index in [2.05, 4.69) is 12.2 Å². The second-order valence-electron chi connectivity index (χ2n) is 7.32. The van der Waals surface area contributed by atoms with Crippen molar-refractivity contribution in [1.82, 2.24) is 10.2 Å². The van der Waals surface area contributed by atoms with E-state index in [1.54, 1.807) is 13.2 Å². The lowest BCUT2D eigenvalue weighted by Gasteiger charge is -2.44. The molecule has 2 aliphatic heterocycles. The van der Waals surface area contributed by atoms with Gasteiger partial charge in [-0.1, -0.05) is 25.0 Å². The maximum Gasteiger partial charge on any atom is 0.241 e. The highest BCUT2D eigenvalue weighted by molar-refractivity contribution is 7.99. The lowest BCUT2D eigenvalue weighted by molar-refractivity contribution is -0.205. The Bertz CT molecular complexity index is 548. The first-order chi connectivity index (χ1) is 12.7. The van der Waals surface area contributed by atoms with Crippen molar-refractivity contribution in [1.29, 1.82) is 0 Å². The molecule has 0 bridgehead atoms. The molecule has 2 heterocycles. The Balaban J connectivity index is 2.14. The van der Waals surface area contributed by atoms with E-state index in [9.17, 15) is 20.1 Å². The number of rotatable bonds is 7. The van der Waals surface area contributed by atoms with Gasteiger partial charge in [-0.25, -0.2) is 0 Å². The molecule has 0 aromatic rings. The summed E-state index contributed by atoms with van der Waals surface area (Å²) >= 11 is 7.52. The number of hydrogen-bond donors (Lipinski definition) is 4. The summed E-state index contributed by atoms with van der Waals surface area (Å²) in [5.41, 5.74) is 0.513. The molecule has 0 aliphatic carbocycles. The van der Waals surface area contributed by atoms with Crippen molar-refractivity contribution in [3.63, 3.8) is 0 Å². The third kappa shape index (κ3) is 5.18. The Labute approximate surface area is 170 Å². The summed E-state index contributed by atoms with van der Waals surface area (Å²) in [7, 11) is 1.89. The zero-order valence-corrected chi connectivity index (χ0v) is 17.8. The number of hydrogen-bond acceptors (Lipinski definition) is 7. The van der Waals surface area contributed by atoms with Crippen LogP contribution >= 0.6 is 23.4 Å². The van der Waals surface area contributed by atoms with Crippen LogP contribution in [0.3, 0.4) is 0 Å². The summed E-state index contributed by atoms with van der Waals surface area (Å²) in [5, 5.41) is 32.9. The molecule has 0 spiro atoms. The minimum absolute atomic E-state index is 0.224. The highest BCUT2D eigenvalue weighted by Crippen LogP contribution is 2.30. The van der Waals surface area contributed by atoms with Crippen LogP contribution in [0.15, 0.2) is 11.6 Å². The first-order valence-electron chi connectivity index (χ1n) is 9.27. The molecule has 0 radical (unpaired) electrons. The number of amides is 1. The molecule has 7 nitrogen and oxygen atoms in total. The summed E-state index contributed by atoms with van der Waals surface area (Å²) < 4.78 is 5.78. The zero-order chi connectivity index (χ0) is 20.3. The predicted molar refractivity (Wildman–Crippen MR) is 107 cm³/mol. The molecule has 0 unspecified atom stereocenters. The molecule has 1 fully saturated rings. The van der Waals surface area contributed by atoms with E-state index in [-0.39, 0.29) is 5.91 Å². The number of likely N-dealkylation sites (N-methyl/N-ethyl adjacent to an activating group) is 1. The standard InChI is InChI=1S/C18H31ClN2O5S/c1-5-6-10-7-11(21(3)8-10)17(25)20-12(9(2)19)16-14(23)13(22)15(24)18(26-16)27-4/h7,9,11-16,18,22-24H,5-6,8H2,1-4H3,(H,20,25)/t9-,11+,12+,13-,14-,15+,16-,18-/m1/s1. The highest BCUT2D eigenvalue weighted by atomic mass is 35.5. The van der Waals surface area contributed by atoms with Gasteiger partial charge in [0.05, 0.1) is 11.4 Å². The van der Waals surface area contributed by atoms with Crippen molar-refractivity contribution >= 4 is 29.3 Å². The second-order valence-corrected chi connectivity index (χ2v) is 8.95. The SMILES string of the molecule is CCCC1=C[C@@H](C(=O)N[C@H]([C@H]2O[C@H](SC)[C@@H](O)[C@H](O)[C@H]2O)[C@@H](C)Cl)N(C)C1. The van der Waals surface area contributed by atoms with Gasteiger partial charge in [0.15, 0.2) is 0 Å². The molecular formula is C18H31ClN2O5S. The van der Waals surface area contributed by atoms with E-state index in [0.717, 1.165) is 19.4 Å². The smallest absolute Gasteiger partial charge is 0.241 e. The molecule has 4 N–H and O–H groups in total. The van der Waals surface area contributed by atoms with Gasteiger partial charge in [-0.2, -0.15) is 0 Å². The van der Waals surface area contributed by atoms with Gasteiger partial charge in [0.25, 0.3) is 0 Å². The number of aliphatic hydroxyl groups is 3. The lowest BCUT2D eigenvalue weighted by Crippen LogP contribution is -2.65. The third-order valence-corrected chi connectivity index (χ3v) is 6.28. The Morgan fingerprint density at radius 1 is 1.41 bits per heavy atom. The molecule has 2 aliphatic rings. The number of nitrogens with one attached hydrogen (secondary N) is 1. The summed E-state index contributed by atoms with van der Waals surface area (Å²) in [6.07, 6.45) is 0.804. The van der Waals surface area contributed by atoms with E-state index in [0.29, 0.717) is 0 Å². The van der Waals surface area contributed by atoms with Crippen molar-refractivity contribution in [2.75, 3.05) is 19.8 Å². The fraction of sp³-hybridized carbons (Fsp3) is 0.833. The molecule has 9 heteroatoms. The minimum Gasteiger partial charge on any atom is -0.388 e. The Morgan fingerprint density at radius 3 is 2.63 bits per heavy atom. The van der Waals surface area contributed by atoms with Gasteiger partial charge in [0.2, 0.25) is 5.91 Å². The Kier molecular flexibility index (Phi) is 8.42. The third-order valence-electron chi connectivity index (χ3n) is 5.16. The van der Waals surface area contributed by atoms with Crippen LogP contribution in [0.4, 0.5) is 0 Å². The molecule has 0 aromatic carbocycles. The molecule has 27 heavy (non-hydrogen) atoms. The fourth-order valence-electron chi connectivity index (χ4n) is 3.65. The van der Waals surface area contributed by atoms with Gasteiger partial charge < -0.3 is 25.4 Å². The van der Waals surface area contributed by atoms with Crippen LogP contribution in [0.5, 0.6) is 0 Å². The van der Waals surface area contributed by atoms with Crippen molar-refractivity contribution in [2.24, 2.45) is 0 Å². The van der Waals surface area contributed by atoms with Crippen LogP contribution in [0.1, 0.15) is 26.7 Å². The number of carbonyl (C=O) groups is 1. The maximum atomic E-state index is 12.9. The fourth-order valence-corrected chi connectivity index (χ4v) is 4.54. The Morgan fingerprint density at radius 2 is 2.07 bits per heavy atom. The lowest BCUT2D eigenvalue weighted by atomic mass is 9.93. The van der Waals surface area contributed by atoms with E-state index in [1.165, 1.54) is 17.3 Å². The van der Waals surface area contributed by atoms with Crippen LogP contribution in [0.25, 0.3) is 0 Å². The number of thioether (sulfide) groups is 1. The predicted octanol–water partition coefficient (Wildman–Crippen LogP) is 0.310. The van der Waals surface area contributed by atoms with E-state index in [4.69, 9.17) is 16.3 Å². The van der Waals surface area contributed by atoms with Crippen molar-refractivity contribution in [3.8, 4) is 0 Å². The van der Waals surface area contributed by atoms with Gasteiger partial charge in [-0.3, -0.25) is 9.69 Å². The van der Waals surface area contributed by atoms with Crippen LogP contribution in [0, 0.1) is 0 Å². The topological polar surface area (TPSA) is 102 Å². The molecule has 2 rings (SSSR count). The van der Waals surface area contributed by atoms with Gasteiger partial charge in [0.1, 0.15) is 35.9 Å². The second kappa shape index (κ2) is 9.91. The first kappa shape index (κ1) is 22.9. The summed E-state index contributed by atoms with van der Waals surface area (Å²) in [5.74, 6) is -0.224. The molecule has 0 saturated carbocycles. The average Bonchev–Trinajstić information content (AvgIpc) is 2.99. The number of halogens is 1. The number of aliphatic hydroxyl groups excluding tert-OH is 3. The molecule has 8 atom stereocenters. The van der Waals surface area contributed by atoms with Gasteiger partial charge >= 0.3 is 0 Å². The molecule has 1 amide bonds. The molecular weight excluding hydrogens is 392 g/mol. The van der Waals surface area contributed by atoms with Crippen LogP contribution in [-0.2, 0) is 9.53 Å².